The van der Waals surface area contributed by atoms with Crippen LogP contribution in [-0.4, -0.2) is 12.7 Å². The standard InChI is InChI=1S/C31H53O/c1-8-10-12-15-25(3)16-13-17-26(4)18-14-19-27(5)20-22-30-23-21-28(6)29(7)31(30)32-24-11-9-2/h8,15,17,21,23,27,29,31H,9-14,16,18-20,22,24H2,1-7H3/q-1/b25-15+,26-17+. The lowest BCUT2D eigenvalue weighted by Crippen LogP contribution is -2.28. The third-order valence-corrected chi connectivity index (χ3v) is 7.07. The fourth-order valence-corrected chi connectivity index (χ4v) is 4.41. The minimum Gasteiger partial charge on any atom is -0.373 e. The molecule has 0 aromatic carbocycles. The molecule has 184 valence electrons. The molecule has 3 unspecified atom stereocenters. The lowest BCUT2D eigenvalue weighted by atomic mass is 9.83. The smallest absolute Gasteiger partial charge is 0.0850 e. The highest BCUT2D eigenvalue weighted by atomic mass is 16.5. The second-order valence-electron chi connectivity index (χ2n) is 10.2. The number of hydrogen-bond acceptors (Lipinski definition) is 1. The molecular formula is C31H53O-. The van der Waals surface area contributed by atoms with Crippen LogP contribution in [0, 0.1) is 18.3 Å². The van der Waals surface area contributed by atoms with Gasteiger partial charge in [0.15, 0.2) is 0 Å². The zero-order valence-corrected chi connectivity index (χ0v) is 22.5. The first-order valence-corrected chi connectivity index (χ1v) is 13.5. The van der Waals surface area contributed by atoms with Crippen molar-refractivity contribution in [2.24, 2.45) is 11.8 Å². The third kappa shape index (κ3) is 12.2. The van der Waals surface area contributed by atoms with Crippen molar-refractivity contribution in [1.29, 1.82) is 0 Å². The van der Waals surface area contributed by atoms with Crippen molar-refractivity contribution in [3.63, 3.8) is 0 Å². The number of hydrogen-bond donors (Lipinski definition) is 0. The van der Waals surface area contributed by atoms with Gasteiger partial charge in [0.25, 0.3) is 0 Å². The van der Waals surface area contributed by atoms with Crippen LogP contribution in [0.25, 0.3) is 0 Å². The lowest BCUT2D eigenvalue weighted by Gasteiger charge is -2.31. The van der Waals surface area contributed by atoms with Gasteiger partial charge in [-0.25, -0.2) is 0 Å². The van der Waals surface area contributed by atoms with Gasteiger partial charge in [0, 0.05) is 12.5 Å². The lowest BCUT2D eigenvalue weighted by molar-refractivity contribution is 0.0461. The molecule has 1 nitrogen and oxygen atoms in total. The van der Waals surface area contributed by atoms with Gasteiger partial charge in [-0.05, 0) is 77.2 Å². The largest absolute Gasteiger partial charge is 0.373 e. The van der Waals surface area contributed by atoms with E-state index in [9.17, 15) is 0 Å². The van der Waals surface area contributed by atoms with Crippen LogP contribution in [0.15, 0.2) is 46.6 Å². The number of allylic oxidation sites excluding steroid dienone is 6. The molecule has 0 aliphatic heterocycles. The second-order valence-corrected chi connectivity index (χ2v) is 10.2. The Balaban J connectivity index is 2.33. The monoisotopic (exact) mass is 441 g/mol. The zero-order valence-electron chi connectivity index (χ0n) is 22.5. The topological polar surface area (TPSA) is 9.23 Å². The summed E-state index contributed by atoms with van der Waals surface area (Å²) in [6, 6.07) is 0. The first-order chi connectivity index (χ1) is 15.4. The molecule has 0 saturated heterocycles. The molecule has 0 radical (unpaired) electrons. The predicted octanol–water partition coefficient (Wildman–Crippen LogP) is 9.96. The summed E-state index contributed by atoms with van der Waals surface area (Å²) >= 11 is 0. The van der Waals surface area contributed by atoms with Crippen molar-refractivity contribution in [2.45, 2.75) is 125 Å². The molecule has 0 aromatic heterocycles. The SMILES string of the molecule is C[CH-]CC/C=C(\C)CC/C=C(\C)CCCC(C)CCC1=CC=C(C)C(C)C1OCCCC. The molecule has 1 aliphatic carbocycles. The maximum absolute atomic E-state index is 6.32. The van der Waals surface area contributed by atoms with Crippen LogP contribution >= 0.6 is 0 Å². The van der Waals surface area contributed by atoms with E-state index in [4.69, 9.17) is 4.74 Å². The maximum atomic E-state index is 6.32. The predicted molar refractivity (Wildman–Crippen MR) is 144 cm³/mol. The Labute approximate surface area is 201 Å². The van der Waals surface area contributed by atoms with Crippen molar-refractivity contribution in [3.05, 3.63) is 53.0 Å². The second kappa shape index (κ2) is 17.4. The molecule has 0 amide bonds. The summed E-state index contributed by atoms with van der Waals surface area (Å²) in [5.74, 6) is 1.29. The first-order valence-electron chi connectivity index (χ1n) is 13.5. The Kier molecular flexibility index (Phi) is 15.7. The van der Waals surface area contributed by atoms with Gasteiger partial charge in [0.05, 0.1) is 6.10 Å². The van der Waals surface area contributed by atoms with E-state index < -0.39 is 0 Å². The summed E-state index contributed by atoms with van der Waals surface area (Å²) in [5.41, 5.74) is 6.08. The Morgan fingerprint density at radius 3 is 2.50 bits per heavy atom. The van der Waals surface area contributed by atoms with Gasteiger partial charge in [0.1, 0.15) is 0 Å². The van der Waals surface area contributed by atoms with E-state index in [1.165, 1.54) is 80.9 Å². The van der Waals surface area contributed by atoms with E-state index in [0.717, 1.165) is 18.9 Å². The zero-order chi connectivity index (χ0) is 23.8. The highest BCUT2D eigenvalue weighted by Gasteiger charge is 2.26. The minimum absolute atomic E-state index is 0.293. The van der Waals surface area contributed by atoms with E-state index in [1.54, 1.807) is 5.57 Å². The van der Waals surface area contributed by atoms with E-state index in [0.29, 0.717) is 12.0 Å². The molecule has 3 atom stereocenters. The van der Waals surface area contributed by atoms with Crippen molar-refractivity contribution in [2.75, 3.05) is 6.61 Å². The van der Waals surface area contributed by atoms with E-state index in [2.05, 4.69) is 79.2 Å². The van der Waals surface area contributed by atoms with Crippen molar-refractivity contribution in [1.82, 2.24) is 0 Å². The summed E-state index contributed by atoms with van der Waals surface area (Å²) in [5, 5.41) is 0. The van der Waals surface area contributed by atoms with Crippen LogP contribution in [0.3, 0.4) is 0 Å². The number of rotatable bonds is 17. The van der Waals surface area contributed by atoms with Crippen LogP contribution in [0.1, 0.15) is 119 Å². The van der Waals surface area contributed by atoms with Crippen LogP contribution in [0.2, 0.25) is 0 Å². The average Bonchev–Trinajstić information content (AvgIpc) is 2.76. The Bertz CT molecular complexity index is 618. The van der Waals surface area contributed by atoms with Gasteiger partial charge >= 0.3 is 0 Å². The molecule has 0 heterocycles. The van der Waals surface area contributed by atoms with E-state index in [-0.39, 0.29) is 0 Å². The molecule has 0 fully saturated rings. The molecule has 0 bridgehead atoms. The molecular weight excluding hydrogens is 388 g/mol. The summed E-state index contributed by atoms with van der Waals surface area (Å²) < 4.78 is 6.32. The molecule has 1 heteroatoms. The molecule has 0 saturated carbocycles. The number of unbranched alkanes of at least 4 members (excludes halogenated alkanes) is 3. The highest BCUT2D eigenvalue weighted by molar-refractivity contribution is 5.29. The van der Waals surface area contributed by atoms with Crippen molar-refractivity contribution >= 4 is 0 Å². The minimum atomic E-state index is 0.293. The summed E-state index contributed by atoms with van der Waals surface area (Å²) in [4.78, 5) is 0. The van der Waals surface area contributed by atoms with Crippen LogP contribution in [0.5, 0.6) is 0 Å². The Morgan fingerprint density at radius 1 is 1.06 bits per heavy atom. The van der Waals surface area contributed by atoms with Gasteiger partial charge in [0.2, 0.25) is 0 Å². The average molecular weight is 442 g/mol. The first kappa shape index (κ1) is 29.0. The highest BCUT2D eigenvalue weighted by Crippen LogP contribution is 2.32. The molecule has 0 N–H and O–H groups in total. The molecule has 0 spiro atoms. The fourth-order valence-electron chi connectivity index (χ4n) is 4.41. The van der Waals surface area contributed by atoms with Gasteiger partial charge in [-0.3, -0.25) is 0 Å². The van der Waals surface area contributed by atoms with Gasteiger partial charge in [-0.2, -0.15) is 13.3 Å². The molecule has 1 aliphatic rings. The molecule has 1 rings (SSSR count). The number of ether oxygens (including phenoxy) is 1. The van der Waals surface area contributed by atoms with Gasteiger partial charge in [-0.1, -0.05) is 81.1 Å². The van der Waals surface area contributed by atoms with Crippen LogP contribution in [-0.2, 0) is 4.74 Å². The van der Waals surface area contributed by atoms with Crippen molar-refractivity contribution < 1.29 is 4.74 Å². The van der Waals surface area contributed by atoms with Crippen molar-refractivity contribution in [3.8, 4) is 0 Å². The maximum Gasteiger partial charge on any atom is 0.0850 e. The van der Waals surface area contributed by atoms with E-state index in [1.807, 2.05) is 0 Å². The Morgan fingerprint density at radius 2 is 1.78 bits per heavy atom. The summed E-state index contributed by atoms with van der Waals surface area (Å²) in [6.45, 7) is 16.9. The van der Waals surface area contributed by atoms with Crippen LogP contribution < -0.4 is 0 Å². The van der Waals surface area contributed by atoms with E-state index >= 15 is 0 Å². The summed E-state index contributed by atoms with van der Waals surface area (Å²) in [7, 11) is 0. The quantitative estimate of drug-likeness (QED) is 0.124. The van der Waals surface area contributed by atoms with Gasteiger partial charge < -0.3 is 11.2 Å². The summed E-state index contributed by atoms with van der Waals surface area (Å²) in [6.07, 6.45) is 25.6. The fraction of sp³-hybridized carbons (Fsp3) is 0.710. The Hall–Kier alpha value is -1.08. The van der Waals surface area contributed by atoms with Gasteiger partial charge in [-0.15, -0.1) is 0 Å². The third-order valence-electron chi connectivity index (χ3n) is 7.07. The molecule has 0 aromatic rings. The normalized spacial score (nSPS) is 20.8. The molecule has 32 heavy (non-hydrogen) atoms. The van der Waals surface area contributed by atoms with Crippen LogP contribution in [0.4, 0.5) is 0 Å².